The van der Waals surface area contributed by atoms with Crippen LogP contribution in [0, 0.1) is 5.82 Å². The normalized spacial score (nSPS) is 10.8. The summed E-state index contributed by atoms with van der Waals surface area (Å²) in [5.74, 6) is -0.275. The molecule has 3 aromatic carbocycles. The molecule has 0 bridgehead atoms. The van der Waals surface area contributed by atoms with Gasteiger partial charge in [0.15, 0.2) is 0 Å². The van der Waals surface area contributed by atoms with Crippen molar-refractivity contribution in [2.45, 2.75) is 13.0 Å². The summed E-state index contributed by atoms with van der Waals surface area (Å²) in [4.78, 5) is 29.6. The average molecular weight is 451 g/mol. The molecule has 0 aliphatic heterocycles. The molecule has 8 heteroatoms. The smallest absolute Gasteiger partial charge is 0.251 e. The molecule has 0 atom stereocenters. The lowest BCUT2D eigenvalue weighted by Gasteiger charge is -2.11. The van der Waals surface area contributed by atoms with Crippen molar-refractivity contribution in [1.82, 2.24) is 14.9 Å². The Morgan fingerprint density at radius 1 is 1.00 bits per heavy atom. The molecule has 1 aromatic heterocycles. The third-order valence-corrected chi connectivity index (χ3v) is 5.14. The Hall–Kier alpha value is -3.71. The minimum Gasteiger partial charge on any atom is -0.352 e. The lowest BCUT2D eigenvalue weighted by Crippen LogP contribution is -2.27. The molecule has 0 saturated heterocycles. The fraction of sp³-hybridized carbons (Fsp3) is 0.125. The summed E-state index contributed by atoms with van der Waals surface area (Å²) in [7, 11) is 0. The summed E-state index contributed by atoms with van der Waals surface area (Å²) in [6, 6.07) is 19.9. The van der Waals surface area contributed by atoms with Crippen molar-refractivity contribution < 1.29 is 14.0 Å². The number of amides is 2. The van der Waals surface area contributed by atoms with E-state index in [1.807, 2.05) is 24.3 Å². The number of halogens is 2. The van der Waals surface area contributed by atoms with Crippen molar-refractivity contribution in [3.05, 3.63) is 95.0 Å². The predicted octanol–water partition coefficient (Wildman–Crippen LogP) is 4.44. The third-order valence-electron chi connectivity index (χ3n) is 4.88. The molecule has 2 amide bonds. The number of nitrogens with zero attached hydrogens (tertiary/aromatic N) is 2. The van der Waals surface area contributed by atoms with Crippen LogP contribution >= 0.6 is 11.6 Å². The SMILES string of the molecule is O=C(Cn1c(CCNC(=O)c2ccc(Cl)cc2)nc2ccccc21)Nc1cccc(F)c1. The second-order valence-electron chi connectivity index (χ2n) is 7.17. The van der Waals surface area contributed by atoms with Gasteiger partial charge in [0.25, 0.3) is 5.91 Å². The van der Waals surface area contributed by atoms with Crippen molar-refractivity contribution in [3.63, 3.8) is 0 Å². The van der Waals surface area contributed by atoms with Crippen LogP contribution in [0.5, 0.6) is 0 Å². The van der Waals surface area contributed by atoms with Gasteiger partial charge in [0.1, 0.15) is 18.2 Å². The maximum absolute atomic E-state index is 13.4. The first kappa shape index (κ1) is 21.5. The fourth-order valence-electron chi connectivity index (χ4n) is 3.39. The number of nitrogens with one attached hydrogen (secondary N) is 2. The van der Waals surface area contributed by atoms with Gasteiger partial charge in [0, 0.05) is 29.2 Å². The van der Waals surface area contributed by atoms with Gasteiger partial charge in [-0.1, -0.05) is 29.8 Å². The Kier molecular flexibility index (Phi) is 6.47. The Balaban J connectivity index is 1.46. The maximum atomic E-state index is 13.4. The highest BCUT2D eigenvalue weighted by Gasteiger charge is 2.14. The molecular weight excluding hydrogens is 431 g/mol. The first-order valence-corrected chi connectivity index (χ1v) is 10.4. The molecule has 0 radical (unpaired) electrons. The molecule has 4 rings (SSSR count). The summed E-state index contributed by atoms with van der Waals surface area (Å²) in [5.41, 5.74) is 2.46. The minimum atomic E-state index is -0.423. The van der Waals surface area contributed by atoms with Gasteiger partial charge in [-0.05, 0) is 54.6 Å². The summed E-state index contributed by atoms with van der Waals surface area (Å²) in [6.07, 6.45) is 0.432. The second-order valence-corrected chi connectivity index (χ2v) is 7.61. The molecule has 0 fully saturated rings. The fourth-order valence-corrected chi connectivity index (χ4v) is 3.52. The van der Waals surface area contributed by atoms with Gasteiger partial charge in [0.05, 0.1) is 11.0 Å². The van der Waals surface area contributed by atoms with Crippen molar-refractivity contribution >= 4 is 40.1 Å². The Morgan fingerprint density at radius 2 is 1.78 bits per heavy atom. The zero-order valence-electron chi connectivity index (χ0n) is 17.0. The van der Waals surface area contributed by atoms with Crippen LogP contribution in [0.3, 0.4) is 0 Å². The van der Waals surface area contributed by atoms with E-state index >= 15 is 0 Å². The number of hydrogen-bond acceptors (Lipinski definition) is 3. The molecular formula is C24H20ClFN4O2. The van der Waals surface area contributed by atoms with Gasteiger partial charge < -0.3 is 15.2 Å². The predicted molar refractivity (Wildman–Crippen MR) is 122 cm³/mol. The second kappa shape index (κ2) is 9.62. The first-order valence-electron chi connectivity index (χ1n) is 10.0. The van der Waals surface area contributed by atoms with Crippen LogP contribution in [0.1, 0.15) is 16.2 Å². The van der Waals surface area contributed by atoms with Crippen LogP contribution in [0.15, 0.2) is 72.8 Å². The van der Waals surface area contributed by atoms with Crippen LogP contribution in [0.4, 0.5) is 10.1 Å². The van der Waals surface area contributed by atoms with Crippen LogP contribution in [-0.4, -0.2) is 27.9 Å². The van der Waals surface area contributed by atoms with Gasteiger partial charge in [-0.25, -0.2) is 9.37 Å². The number of rotatable bonds is 7. The van der Waals surface area contributed by atoms with E-state index < -0.39 is 5.82 Å². The highest BCUT2D eigenvalue weighted by Crippen LogP contribution is 2.17. The average Bonchev–Trinajstić information content (AvgIpc) is 3.11. The van der Waals surface area contributed by atoms with E-state index in [2.05, 4.69) is 15.6 Å². The van der Waals surface area contributed by atoms with Crippen LogP contribution in [-0.2, 0) is 17.8 Å². The highest BCUT2D eigenvalue weighted by atomic mass is 35.5. The van der Waals surface area contributed by atoms with E-state index in [0.29, 0.717) is 35.1 Å². The number of aromatic nitrogens is 2. The first-order chi connectivity index (χ1) is 15.5. The third kappa shape index (κ3) is 5.12. The van der Waals surface area contributed by atoms with E-state index in [1.54, 1.807) is 34.9 Å². The summed E-state index contributed by atoms with van der Waals surface area (Å²) >= 11 is 5.86. The molecule has 0 saturated carbocycles. The lowest BCUT2D eigenvalue weighted by atomic mass is 10.2. The minimum absolute atomic E-state index is 0.0114. The summed E-state index contributed by atoms with van der Waals surface area (Å²) < 4.78 is 15.2. The van der Waals surface area contributed by atoms with Gasteiger partial charge in [-0.2, -0.15) is 0 Å². The molecule has 1 heterocycles. The Labute approximate surface area is 189 Å². The molecule has 0 unspecified atom stereocenters. The molecule has 0 spiro atoms. The number of fused-ring (bicyclic) bond motifs is 1. The van der Waals surface area contributed by atoms with Crippen LogP contribution < -0.4 is 10.6 Å². The monoisotopic (exact) mass is 450 g/mol. The number of para-hydroxylation sites is 2. The van der Waals surface area contributed by atoms with Crippen molar-refractivity contribution in [1.29, 1.82) is 0 Å². The molecule has 4 aromatic rings. The Bertz CT molecular complexity index is 1270. The molecule has 6 nitrogen and oxygen atoms in total. The van der Waals surface area contributed by atoms with Crippen LogP contribution in [0.25, 0.3) is 11.0 Å². The number of hydrogen-bond donors (Lipinski definition) is 2. The van der Waals surface area contributed by atoms with Crippen molar-refractivity contribution in [3.8, 4) is 0 Å². The molecule has 0 aliphatic rings. The van der Waals surface area contributed by atoms with Crippen molar-refractivity contribution in [2.75, 3.05) is 11.9 Å². The van der Waals surface area contributed by atoms with E-state index in [4.69, 9.17) is 11.6 Å². The topological polar surface area (TPSA) is 76.0 Å². The number of anilines is 1. The zero-order chi connectivity index (χ0) is 22.5. The Morgan fingerprint density at radius 3 is 2.56 bits per heavy atom. The highest BCUT2D eigenvalue weighted by molar-refractivity contribution is 6.30. The summed E-state index contributed by atoms with van der Waals surface area (Å²) in [5, 5.41) is 6.13. The number of imidazole rings is 1. The van der Waals surface area contributed by atoms with Gasteiger partial charge >= 0.3 is 0 Å². The standard InChI is InChI=1S/C24H20ClFN4O2/c25-17-10-8-16(9-11-17)24(32)27-13-12-22-29-20-6-1-2-7-21(20)30(22)15-23(31)28-19-5-3-4-18(26)14-19/h1-11,14H,12-13,15H2,(H,27,32)(H,28,31). The van der Waals surface area contributed by atoms with E-state index in [-0.39, 0.29) is 18.4 Å². The lowest BCUT2D eigenvalue weighted by molar-refractivity contribution is -0.116. The number of carbonyl (C=O) groups is 2. The number of benzene rings is 3. The van der Waals surface area contributed by atoms with E-state index in [0.717, 1.165) is 11.0 Å². The molecule has 162 valence electrons. The summed E-state index contributed by atoms with van der Waals surface area (Å²) in [6.45, 7) is 0.355. The van der Waals surface area contributed by atoms with Crippen LogP contribution in [0.2, 0.25) is 5.02 Å². The number of carbonyl (C=O) groups excluding carboxylic acids is 2. The zero-order valence-corrected chi connectivity index (χ0v) is 17.8. The van der Waals surface area contributed by atoms with Crippen molar-refractivity contribution in [2.24, 2.45) is 0 Å². The van der Waals surface area contributed by atoms with Gasteiger partial charge in [-0.15, -0.1) is 0 Å². The quantitative estimate of drug-likeness (QED) is 0.437. The maximum Gasteiger partial charge on any atom is 0.251 e. The van der Waals surface area contributed by atoms with E-state index in [1.165, 1.54) is 18.2 Å². The largest absolute Gasteiger partial charge is 0.352 e. The van der Waals surface area contributed by atoms with Gasteiger partial charge in [-0.3, -0.25) is 9.59 Å². The molecule has 2 N–H and O–H groups in total. The molecule has 32 heavy (non-hydrogen) atoms. The van der Waals surface area contributed by atoms with E-state index in [9.17, 15) is 14.0 Å². The van der Waals surface area contributed by atoms with Gasteiger partial charge in [0.2, 0.25) is 5.91 Å². The molecule has 0 aliphatic carbocycles.